The molecule has 0 radical (unpaired) electrons. The van der Waals surface area contributed by atoms with Crippen molar-refractivity contribution in [1.82, 2.24) is 9.03 Å². The Balaban J connectivity index is 3.72. The molecule has 0 heterocycles. The van der Waals surface area contributed by atoms with Gasteiger partial charge in [0.05, 0.1) is 5.75 Å². The van der Waals surface area contributed by atoms with Crippen molar-refractivity contribution in [2.75, 3.05) is 26.4 Å². The first-order chi connectivity index (χ1) is 6.33. The highest BCUT2D eigenvalue weighted by Crippen LogP contribution is 1.95. The highest BCUT2D eigenvalue weighted by Gasteiger charge is 2.08. The van der Waals surface area contributed by atoms with Gasteiger partial charge in [0.2, 0.25) is 10.0 Å². The van der Waals surface area contributed by atoms with E-state index in [1.807, 2.05) is 19.0 Å². The van der Waals surface area contributed by atoms with E-state index in [1.54, 1.807) is 0 Å². The number of nitrogens with one attached hydrogen (secondary N) is 1. The minimum absolute atomic E-state index is 0.158. The number of hydrogen-bond acceptors (Lipinski definition) is 5. The molecule has 0 amide bonds. The first-order valence-electron chi connectivity index (χ1n) is 4.07. The van der Waals surface area contributed by atoms with Crippen LogP contribution in [0, 0.1) is 0 Å². The van der Waals surface area contributed by atoms with Gasteiger partial charge in [-0.1, -0.05) is 0 Å². The highest BCUT2D eigenvalue weighted by atomic mass is 32.3. The molecule has 0 saturated carbocycles. The van der Waals surface area contributed by atoms with Gasteiger partial charge in [-0.3, -0.25) is 4.21 Å². The van der Waals surface area contributed by atoms with Crippen molar-refractivity contribution in [3.8, 4) is 0 Å². The topological polar surface area (TPSA) is 89.5 Å². The maximum Gasteiger partial charge on any atom is 0.221 e. The summed E-state index contributed by atoms with van der Waals surface area (Å²) in [6, 6.07) is 0. The molecule has 0 aliphatic rings. The van der Waals surface area contributed by atoms with E-state index in [2.05, 4.69) is 0 Å². The van der Waals surface area contributed by atoms with Crippen molar-refractivity contribution in [2.24, 2.45) is 0 Å². The van der Waals surface area contributed by atoms with Crippen LogP contribution in [-0.4, -0.2) is 48.5 Å². The Labute approximate surface area is 87.1 Å². The average molecular weight is 243 g/mol. The summed E-state index contributed by atoms with van der Waals surface area (Å²) in [7, 11) is 0.117. The van der Waals surface area contributed by atoms with E-state index in [1.165, 1.54) is 4.13 Å². The second-order valence-corrected chi connectivity index (χ2v) is 5.92. The van der Waals surface area contributed by atoms with Crippen molar-refractivity contribution in [3.63, 3.8) is 0 Å². The Bertz CT molecular complexity index is 276. The molecular weight excluding hydrogens is 228 g/mol. The van der Waals surface area contributed by atoms with Crippen molar-refractivity contribution in [2.45, 2.75) is 12.8 Å². The van der Waals surface area contributed by atoms with Gasteiger partial charge < -0.3 is 9.45 Å². The second kappa shape index (κ2) is 6.46. The summed E-state index contributed by atoms with van der Waals surface area (Å²) in [6.45, 7) is 0.788. The van der Waals surface area contributed by atoms with Crippen LogP contribution in [0.2, 0.25) is 0 Å². The standard InChI is InChI=1S/C6H16N2O4S2/c1-8(2)5-3-4-6-14(11,12)7-13(9)10/h7H,3-6H2,1-2H3,(H,9,10)/p-1. The SMILES string of the molecule is CN(C)CCCCS(=O)(=O)NS(=O)[O-]. The Morgan fingerprint density at radius 3 is 2.36 bits per heavy atom. The van der Waals surface area contributed by atoms with E-state index < -0.39 is 21.3 Å². The van der Waals surface area contributed by atoms with E-state index in [9.17, 15) is 17.2 Å². The smallest absolute Gasteiger partial charge is 0.221 e. The van der Waals surface area contributed by atoms with Crippen LogP contribution in [0.1, 0.15) is 12.8 Å². The summed E-state index contributed by atoms with van der Waals surface area (Å²) >= 11 is -2.75. The molecule has 1 atom stereocenters. The summed E-state index contributed by atoms with van der Waals surface area (Å²) in [5.74, 6) is -0.158. The van der Waals surface area contributed by atoms with Crippen molar-refractivity contribution in [1.29, 1.82) is 0 Å². The lowest BCUT2D eigenvalue weighted by molar-refractivity contribution is 0.398. The molecule has 14 heavy (non-hydrogen) atoms. The average Bonchev–Trinajstić information content (AvgIpc) is 1.95. The minimum atomic E-state index is -3.66. The van der Waals surface area contributed by atoms with Crippen LogP contribution in [0.4, 0.5) is 0 Å². The number of sulfonamides is 1. The van der Waals surface area contributed by atoms with Crippen molar-refractivity contribution >= 4 is 21.3 Å². The monoisotopic (exact) mass is 243 g/mol. The molecule has 0 spiro atoms. The minimum Gasteiger partial charge on any atom is -0.759 e. The predicted molar refractivity (Wildman–Crippen MR) is 53.6 cm³/mol. The first-order valence-corrected chi connectivity index (χ1v) is 6.80. The molecular formula is C6H15N2O4S2-. The molecule has 0 bridgehead atoms. The summed E-state index contributed by atoms with van der Waals surface area (Å²) in [5, 5.41) is 0. The fourth-order valence-corrected chi connectivity index (χ4v) is 2.61. The van der Waals surface area contributed by atoms with E-state index in [0.717, 1.165) is 13.0 Å². The Morgan fingerprint density at radius 1 is 1.36 bits per heavy atom. The van der Waals surface area contributed by atoms with Crippen LogP contribution in [0.15, 0.2) is 0 Å². The Morgan fingerprint density at radius 2 is 1.93 bits per heavy atom. The molecule has 0 aromatic carbocycles. The zero-order valence-electron chi connectivity index (χ0n) is 8.23. The van der Waals surface area contributed by atoms with Gasteiger partial charge in [0.25, 0.3) is 0 Å². The van der Waals surface area contributed by atoms with Gasteiger partial charge in [-0.15, -0.1) is 4.13 Å². The highest BCUT2D eigenvalue weighted by molar-refractivity contribution is 7.99. The molecule has 0 aliphatic carbocycles. The molecule has 0 aliphatic heterocycles. The summed E-state index contributed by atoms with van der Waals surface area (Å²) in [5.41, 5.74) is 0. The summed E-state index contributed by atoms with van der Waals surface area (Å²) < 4.78 is 43.5. The van der Waals surface area contributed by atoms with Gasteiger partial charge in [0.15, 0.2) is 0 Å². The molecule has 0 aromatic heterocycles. The normalized spacial score (nSPS) is 14.6. The molecule has 0 saturated heterocycles. The number of rotatable bonds is 7. The van der Waals surface area contributed by atoms with Gasteiger partial charge >= 0.3 is 0 Å². The van der Waals surface area contributed by atoms with Gasteiger partial charge in [-0.05, 0) is 33.5 Å². The lowest BCUT2D eigenvalue weighted by Crippen LogP contribution is -2.28. The van der Waals surface area contributed by atoms with Gasteiger partial charge in [0.1, 0.15) is 0 Å². The fraction of sp³-hybridized carbons (Fsp3) is 1.00. The summed E-state index contributed by atoms with van der Waals surface area (Å²) in [4.78, 5) is 1.94. The fourth-order valence-electron chi connectivity index (χ4n) is 0.865. The van der Waals surface area contributed by atoms with E-state index in [4.69, 9.17) is 0 Å². The predicted octanol–water partition coefficient (Wildman–Crippen LogP) is -0.958. The number of unbranched alkanes of at least 4 members (excludes halogenated alkanes) is 1. The van der Waals surface area contributed by atoms with Crippen molar-refractivity contribution < 1.29 is 17.2 Å². The van der Waals surface area contributed by atoms with Crippen LogP contribution < -0.4 is 4.13 Å². The van der Waals surface area contributed by atoms with Crippen LogP contribution in [0.3, 0.4) is 0 Å². The van der Waals surface area contributed by atoms with Gasteiger partial charge in [0, 0.05) is 11.3 Å². The third-order valence-corrected chi connectivity index (χ3v) is 3.85. The number of nitrogens with zero attached hydrogens (tertiary/aromatic N) is 1. The maximum atomic E-state index is 11.0. The lowest BCUT2D eigenvalue weighted by atomic mass is 10.3. The largest absolute Gasteiger partial charge is 0.759 e. The molecule has 1 unspecified atom stereocenters. The molecule has 0 aromatic rings. The van der Waals surface area contributed by atoms with Crippen LogP contribution in [0.5, 0.6) is 0 Å². The number of hydrogen-bond donors (Lipinski definition) is 1. The van der Waals surface area contributed by atoms with Gasteiger partial charge in [-0.25, -0.2) is 8.42 Å². The summed E-state index contributed by atoms with van der Waals surface area (Å²) in [6.07, 6.45) is 1.17. The molecule has 1 N–H and O–H groups in total. The van der Waals surface area contributed by atoms with E-state index in [0.29, 0.717) is 6.42 Å². The Kier molecular flexibility index (Phi) is 6.45. The zero-order valence-corrected chi connectivity index (χ0v) is 9.86. The molecule has 0 rings (SSSR count). The lowest BCUT2D eigenvalue weighted by Gasteiger charge is -2.10. The van der Waals surface area contributed by atoms with E-state index >= 15 is 0 Å². The van der Waals surface area contributed by atoms with Crippen LogP contribution in [-0.2, 0) is 21.3 Å². The molecule has 6 nitrogen and oxygen atoms in total. The zero-order chi connectivity index (χ0) is 11.2. The van der Waals surface area contributed by atoms with Crippen LogP contribution >= 0.6 is 0 Å². The maximum absolute atomic E-state index is 11.0. The second-order valence-electron chi connectivity index (χ2n) is 3.15. The van der Waals surface area contributed by atoms with Crippen molar-refractivity contribution in [3.05, 3.63) is 0 Å². The Hall–Kier alpha value is -0.0200. The van der Waals surface area contributed by atoms with E-state index in [-0.39, 0.29) is 5.75 Å². The molecule has 8 heteroatoms. The quantitative estimate of drug-likeness (QED) is 0.459. The third-order valence-electron chi connectivity index (χ3n) is 1.46. The third kappa shape index (κ3) is 8.57. The first kappa shape index (κ1) is 14.0. The molecule has 0 fully saturated rings. The van der Waals surface area contributed by atoms with Gasteiger partial charge in [-0.2, -0.15) is 0 Å². The van der Waals surface area contributed by atoms with Crippen LogP contribution in [0.25, 0.3) is 0 Å². The molecule has 86 valence electrons.